The largest absolute Gasteiger partial charge is 0.508 e. The van der Waals surface area contributed by atoms with Crippen LogP contribution in [0.3, 0.4) is 0 Å². The van der Waals surface area contributed by atoms with Gasteiger partial charge in [0.15, 0.2) is 0 Å². The molecule has 22 heavy (non-hydrogen) atoms. The van der Waals surface area contributed by atoms with E-state index < -0.39 is 5.60 Å². The van der Waals surface area contributed by atoms with Gasteiger partial charge in [0, 0.05) is 25.8 Å². The molecule has 0 aliphatic rings. The van der Waals surface area contributed by atoms with Gasteiger partial charge in [0.05, 0.1) is 6.10 Å². The minimum Gasteiger partial charge on any atom is -0.508 e. The third-order valence-corrected chi connectivity index (χ3v) is 4.17. The molecule has 0 bridgehead atoms. The van der Waals surface area contributed by atoms with E-state index in [1.165, 1.54) is 12.1 Å². The number of hydrogen-bond acceptors (Lipinski definition) is 4. The molecule has 4 heteroatoms. The summed E-state index contributed by atoms with van der Waals surface area (Å²) in [6.07, 6.45) is -0.353. The molecule has 118 valence electrons. The summed E-state index contributed by atoms with van der Waals surface area (Å²) >= 11 is 0. The van der Waals surface area contributed by atoms with Crippen molar-refractivity contribution in [1.29, 1.82) is 0 Å². The summed E-state index contributed by atoms with van der Waals surface area (Å²) in [7, 11) is 3.20. The van der Waals surface area contributed by atoms with Crippen LogP contribution in [-0.4, -0.2) is 30.5 Å². The molecule has 4 nitrogen and oxygen atoms in total. The summed E-state index contributed by atoms with van der Waals surface area (Å²) in [5, 5.41) is 19.9. The molecule has 0 radical (unpaired) electrons. The first-order chi connectivity index (χ1) is 10.5. The van der Waals surface area contributed by atoms with E-state index >= 15 is 0 Å². The Morgan fingerprint density at radius 1 is 1.00 bits per heavy atom. The summed E-state index contributed by atoms with van der Waals surface area (Å²) < 4.78 is 11.5. The lowest BCUT2D eigenvalue weighted by Gasteiger charge is -2.39. The Hall–Kier alpha value is -2.04. The number of methoxy groups -OCH3 is 2. The number of aryl methyl sites for hydroxylation is 1. The molecule has 2 unspecified atom stereocenters. The van der Waals surface area contributed by atoms with Gasteiger partial charge in [-0.15, -0.1) is 0 Å². The Balaban J connectivity index is 2.78. The topological polar surface area (TPSA) is 58.9 Å². The van der Waals surface area contributed by atoms with Gasteiger partial charge in [-0.3, -0.25) is 0 Å². The van der Waals surface area contributed by atoms with Gasteiger partial charge in [0.25, 0.3) is 0 Å². The molecule has 2 atom stereocenters. The van der Waals surface area contributed by atoms with E-state index in [1.807, 2.05) is 38.1 Å². The van der Waals surface area contributed by atoms with Crippen molar-refractivity contribution >= 4 is 0 Å². The number of phenolic OH excluding ortho intramolecular Hbond substituents is 2. The number of benzene rings is 2. The highest BCUT2D eigenvalue weighted by molar-refractivity contribution is 5.50. The smallest absolute Gasteiger partial charge is 0.147 e. The SMILES string of the molecule is COC(C)C(OC)(c1ccccc1C)c1ccc(O)cc1O. The van der Waals surface area contributed by atoms with Crippen LogP contribution < -0.4 is 0 Å². The first-order valence-electron chi connectivity index (χ1n) is 7.13. The number of hydrogen-bond donors (Lipinski definition) is 2. The lowest BCUT2D eigenvalue weighted by molar-refractivity contribution is -0.0895. The van der Waals surface area contributed by atoms with Crippen LogP contribution in [0.15, 0.2) is 42.5 Å². The van der Waals surface area contributed by atoms with E-state index in [9.17, 15) is 10.2 Å². The van der Waals surface area contributed by atoms with Crippen molar-refractivity contribution in [3.8, 4) is 11.5 Å². The predicted molar refractivity (Wildman–Crippen MR) is 85.2 cm³/mol. The van der Waals surface area contributed by atoms with Gasteiger partial charge in [-0.05, 0) is 37.1 Å². The van der Waals surface area contributed by atoms with Crippen molar-refractivity contribution in [1.82, 2.24) is 0 Å². The fourth-order valence-electron chi connectivity index (χ4n) is 2.96. The quantitative estimate of drug-likeness (QED) is 0.889. The summed E-state index contributed by atoms with van der Waals surface area (Å²) in [6.45, 7) is 3.88. The van der Waals surface area contributed by atoms with E-state index in [2.05, 4.69) is 0 Å². The summed E-state index contributed by atoms with van der Waals surface area (Å²) in [4.78, 5) is 0. The van der Waals surface area contributed by atoms with Crippen molar-refractivity contribution in [3.05, 3.63) is 59.2 Å². The highest BCUT2D eigenvalue weighted by Crippen LogP contribution is 2.43. The molecular formula is C18H22O4. The molecule has 0 aromatic heterocycles. The average molecular weight is 302 g/mol. The van der Waals surface area contributed by atoms with Crippen LogP contribution in [0, 0.1) is 6.92 Å². The van der Waals surface area contributed by atoms with E-state index in [0.717, 1.165) is 11.1 Å². The van der Waals surface area contributed by atoms with Crippen LogP contribution in [0.4, 0.5) is 0 Å². The maximum absolute atomic E-state index is 10.4. The van der Waals surface area contributed by atoms with Crippen LogP contribution >= 0.6 is 0 Å². The van der Waals surface area contributed by atoms with Crippen molar-refractivity contribution < 1.29 is 19.7 Å². The van der Waals surface area contributed by atoms with Crippen molar-refractivity contribution in [2.75, 3.05) is 14.2 Å². The number of rotatable bonds is 5. The Kier molecular flexibility index (Phi) is 4.74. The van der Waals surface area contributed by atoms with Gasteiger partial charge < -0.3 is 19.7 Å². The van der Waals surface area contributed by atoms with Crippen LogP contribution in [0.1, 0.15) is 23.6 Å². The van der Waals surface area contributed by atoms with Crippen LogP contribution in [0.25, 0.3) is 0 Å². The summed E-state index contributed by atoms with van der Waals surface area (Å²) in [5.74, 6) is -0.0323. The van der Waals surface area contributed by atoms with Crippen LogP contribution in [0.5, 0.6) is 11.5 Å². The predicted octanol–water partition coefficient (Wildman–Crippen LogP) is 3.33. The second-order valence-electron chi connectivity index (χ2n) is 5.33. The Morgan fingerprint density at radius 2 is 1.68 bits per heavy atom. The Labute approximate surface area is 130 Å². The van der Waals surface area contributed by atoms with E-state index in [0.29, 0.717) is 5.56 Å². The zero-order valence-corrected chi connectivity index (χ0v) is 13.3. The monoisotopic (exact) mass is 302 g/mol. The normalized spacial score (nSPS) is 15.3. The molecule has 0 fully saturated rings. The van der Waals surface area contributed by atoms with Gasteiger partial charge in [0.1, 0.15) is 17.1 Å². The number of phenols is 2. The summed E-state index contributed by atoms with van der Waals surface area (Å²) in [5.41, 5.74) is 1.52. The lowest BCUT2D eigenvalue weighted by Crippen LogP contribution is -2.42. The Morgan fingerprint density at radius 3 is 2.23 bits per heavy atom. The second-order valence-corrected chi connectivity index (χ2v) is 5.33. The molecule has 0 heterocycles. The molecule has 0 spiro atoms. The fraction of sp³-hybridized carbons (Fsp3) is 0.333. The summed E-state index contributed by atoms with van der Waals surface area (Å²) in [6, 6.07) is 12.3. The van der Waals surface area contributed by atoms with Gasteiger partial charge in [-0.25, -0.2) is 0 Å². The first kappa shape index (κ1) is 16.3. The molecule has 0 aliphatic carbocycles. The van der Waals surface area contributed by atoms with Crippen LogP contribution in [0.2, 0.25) is 0 Å². The number of aromatic hydroxyl groups is 2. The van der Waals surface area contributed by atoms with Gasteiger partial charge in [-0.2, -0.15) is 0 Å². The van der Waals surface area contributed by atoms with Gasteiger partial charge in [-0.1, -0.05) is 24.3 Å². The van der Waals surface area contributed by atoms with Crippen molar-refractivity contribution in [3.63, 3.8) is 0 Å². The van der Waals surface area contributed by atoms with Gasteiger partial charge >= 0.3 is 0 Å². The van der Waals surface area contributed by atoms with Crippen molar-refractivity contribution in [2.45, 2.75) is 25.6 Å². The highest BCUT2D eigenvalue weighted by atomic mass is 16.5. The van der Waals surface area contributed by atoms with E-state index in [-0.39, 0.29) is 17.6 Å². The third kappa shape index (κ3) is 2.56. The third-order valence-electron chi connectivity index (χ3n) is 4.17. The molecule has 0 saturated carbocycles. The molecular weight excluding hydrogens is 280 g/mol. The zero-order valence-electron chi connectivity index (χ0n) is 13.3. The molecule has 2 rings (SSSR count). The van der Waals surface area contributed by atoms with Crippen molar-refractivity contribution in [2.24, 2.45) is 0 Å². The number of ether oxygens (including phenoxy) is 2. The highest BCUT2D eigenvalue weighted by Gasteiger charge is 2.43. The second kappa shape index (κ2) is 6.38. The lowest BCUT2D eigenvalue weighted by atomic mass is 9.79. The molecule has 2 aromatic carbocycles. The average Bonchev–Trinajstić information content (AvgIpc) is 2.51. The minimum atomic E-state index is -0.974. The van der Waals surface area contributed by atoms with E-state index in [1.54, 1.807) is 20.3 Å². The minimum absolute atomic E-state index is 0.00102. The van der Waals surface area contributed by atoms with Gasteiger partial charge in [0.2, 0.25) is 0 Å². The molecule has 0 aliphatic heterocycles. The van der Waals surface area contributed by atoms with E-state index in [4.69, 9.17) is 9.47 Å². The Bertz CT molecular complexity index is 653. The fourth-order valence-corrected chi connectivity index (χ4v) is 2.96. The molecule has 0 saturated heterocycles. The maximum atomic E-state index is 10.4. The first-order valence-corrected chi connectivity index (χ1v) is 7.13. The maximum Gasteiger partial charge on any atom is 0.147 e. The van der Waals surface area contributed by atoms with Crippen LogP contribution in [-0.2, 0) is 15.1 Å². The molecule has 2 N–H and O–H groups in total. The standard InChI is InChI=1S/C18H22O4/c1-12-7-5-6-8-15(12)18(22-4,13(2)21-3)16-10-9-14(19)11-17(16)20/h5-11,13,19-20H,1-4H3. The molecule has 0 amide bonds. The molecule has 2 aromatic rings. The zero-order chi connectivity index (χ0) is 16.3.